The molecule has 1 heterocycles. The number of anilines is 4. The number of hydrogen-bond acceptors (Lipinski definition) is 5. The fourth-order valence-electron chi connectivity index (χ4n) is 5.28. The van der Waals surface area contributed by atoms with Crippen molar-refractivity contribution in [1.82, 2.24) is 0 Å². The summed E-state index contributed by atoms with van der Waals surface area (Å²) < 4.78 is 6.90. The van der Waals surface area contributed by atoms with Gasteiger partial charge in [0.1, 0.15) is 23.4 Å². The van der Waals surface area contributed by atoms with Crippen LogP contribution in [0.3, 0.4) is 0 Å². The van der Waals surface area contributed by atoms with Crippen molar-refractivity contribution < 1.29 is 4.74 Å². The Bertz CT molecular complexity index is 1620. The van der Waals surface area contributed by atoms with E-state index in [-0.39, 0.29) is 12.0 Å². The molecule has 5 aromatic rings. The van der Waals surface area contributed by atoms with Gasteiger partial charge < -0.3 is 15.0 Å². The fourth-order valence-corrected chi connectivity index (χ4v) is 5.47. The molecule has 42 heavy (non-hydrogen) atoms. The summed E-state index contributed by atoms with van der Waals surface area (Å²) in [5.74, 6) is 1.44. The molecule has 0 radical (unpaired) electrons. The molecule has 1 N–H and O–H groups in total. The standard InChI is InChI=1S/C36H33ClN4O/c1-40(2)29-22-20-26(21-23-29)35-32(25-38-28-13-11-12-27(37)24-28)36(39-33-18-9-10-19-34(33)42-35)41(30-14-5-3-6-15-30)31-16-7-4-8-17-31/h3-24,32,35,38H,25H2,1-2H3. The van der Waals surface area contributed by atoms with Crippen molar-refractivity contribution in [3.05, 3.63) is 144 Å². The van der Waals surface area contributed by atoms with E-state index in [4.69, 9.17) is 21.3 Å². The highest BCUT2D eigenvalue weighted by atomic mass is 35.5. The average Bonchev–Trinajstić information content (AvgIpc) is 3.18. The van der Waals surface area contributed by atoms with Crippen LogP contribution in [0.15, 0.2) is 138 Å². The van der Waals surface area contributed by atoms with Crippen molar-refractivity contribution in [2.24, 2.45) is 10.9 Å². The van der Waals surface area contributed by atoms with Crippen LogP contribution in [0.5, 0.6) is 5.75 Å². The quantitative estimate of drug-likeness (QED) is 0.211. The number of amidine groups is 1. The topological polar surface area (TPSA) is 40.1 Å². The number of halogens is 1. The second-order valence-corrected chi connectivity index (χ2v) is 10.9. The minimum Gasteiger partial charge on any atom is -0.483 e. The van der Waals surface area contributed by atoms with Gasteiger partial charge in [0.2, 0.25) is 0 Å². The van der Waals surface area contributed by atoms with Gasteiger partial charge in [0, 0.05) is 48.4 Å². The van der Waals surface area contributed by atoms with Gasteiger partial charge in [-0.2, -0.15) is 0 Å². The molecule has 0 bridgehead atoms. The maximum atomic E-state index is 6.90. The maximum absolute atomic E-state index is 6.90. The lowest BCUT2D eigenvalue weighted by Gasteiger charge is -2.34. The summed E-state index contributed by atoms with van der Waals surface area (Å²) in [5.41, 5.74) is 5.99. The van der Waals surface area contributed by atoms with Gasteiger partial charge in [-0.05, 0) is 72.3 Å². The van der Waals surface area contributed by atoms with Crippen LogP contribution in [0.2, 0.25) is 5.02 Å². The molecule has 0 saturated carbocycles. The van der Waals surface area contributed by atoms with E-state index in [1.165, 1.54) is 0 Å². The van der Waals surface area contributed by atoms with Gasteiger partial charge >= 0.3 is 0 Å². The summed E-state index contributed by atoms with van der Waals surface area (Å²) in [6.45, 7) is 0.559. The van der Waals surface area contributed by atoms with E-state index in [2.05, 4.69) is 87.9 Å². The summed E-state index contributed by atoms with van der Waals surface area (Å²) in [6.07, 6.45) is -0.328. The Hall–Kier alpha value is -4.74. The minimum atomic E-state index is -0.328. The predicted molar refractivity (Wildman–Crippen MR) is 176 cm³/mol. The number of nitrogens with one attached hydrogen (secondary N) is 1. The molecule has 6 heteroatoms. The number of rotatable bonds is 7. The molecule has 0 aromatic heterocycles. The van der Waals surface area contributed by atoms with Gasteiger partial charge in [-0.1, -0.05) is 78.3 Å². The van der Waals surface area contributed by atoms with Crippen LogP contribution in [0, 0.1) is 5.92 Å². The molecule has 1 aliphatic rings. The van der Waals surface area contributed by atoms with E-state index >= 15 is 0 Å². The van der Waals surface area contributed by atoms with Crippen LogP contribution >= 0.6 is 11.6 Å². The fraction of sp³-hybridized carbons (Fsp3) is 0.139. The highest BCUT2D eigenvalue weighted by Gasteiger charge is 2.37. The Morgan fingerprint density at radius 1 is 0.714 bits per heavy atom. The van der Waals surface area contributed by atoms with E-state index in [1.807, 2.05) is 74.8 Å². The van der Waals surface area contributed by atoms with Gasteiger partial charge in [-0.15, -0.1) is 0 Å². The Balaban J connectivity index is 1.54. The van der Waals surface area contributed by atoms with Crippen LogP contribution in [-0.4, -0.2) is 26.5 Å². The molecule has 5 aromatic carbocycles. The van der Waals surface area contributed by atoms with Gasteiger partial charge in [0.25, 0.3) is 0 Å². The van der Waals surface area contributed by atoms with Crippen molar-refractivity contribution in [2.45, 2.75) is 6.10 Å². The lowest BCUT2D eigenvalue weighted by atomic mass is 9.92. The van der Waals surface area contributed by atoms with Crippen LogP contribution < -0.4 is 19.9 Å². The molecule has 1 aliphatic heterocycles. The van der Waals surface area contributed by atoms with Crippen LogP contribution in [0.4, 0.5) is 28.4 Å². The molecule has 5 nitrogen and oxygen atoms in total. The summed E-state index contributed by atoms with van der Waals surface area (Å²) in [7, 11) is 4.10. The normalized spacial score (nSPS) is 15.9. The molecule has 6 rings (SSSR count). The zero-order valence-corrected chi connectivity index (χ0v) is 24.4. The zero-order valence-electron chi connectivity index (χ0n) is 23.7. The monoisotopic (exact) mass is 572 g/mol. The van der Waals surface area contributed by atoms with E-state index in [0.717, 1.165) is 45.6 Å². The largest absolute Gasteiger partial charge is 0.483 e. The second kappa shape index (κ2) is 12.4. The molecular weight excluding hydrogens is 540 g/mol. The summed E-state index contributed by atoms with van der Waals surface area (Å²) in [4.78, 5) is 9.72. The zero-order chi connectivity index (χ0) is 28.9. The molecule has 0 aliphatic carbocycles. The van der Waals surface area contributed by atoms with Crippen molar-refractivity contribution >= 4 is 45.9 Å². The maximum Gasteiger partial charge on any atom is 0.145 e. The van der Waals surface area contributed by atoms with Gasteiger partial charge in [0.05, 0.1) is 5.92 Å². The van der Waals surface area contributed by atoms with Crippen molar-refractivity contribution in [1.29, 1.82) is 0 Å². The van der Waals surface area contributed by atoms with E-state index < -0.39 is 0 Å². The van der Waals surface area contributed by atoms with Gasteiger partial charge in [-0.25, -0.2) is 4.99 Å². The van der Waals surface area contributed by atoms with Crippen molar-refractivity contribution in [2.75, 3.05) is 35.8 Å². The molecule has 0 spiro atoms. The first-order chi connectivity index (χ1) is 20.6. The Morgan fingerprint density at radius 2 is 1.36 bits per heavy atom. The summed E-state index contributed by atoms with van der Waals surface area (Å²) in [5, 5.41) is 4.33. The highest BCUT2D eigenvalue weighted by molar-refractivity contribution is 6.30. The minimum absolute atomic E-state index is 0.193. The van der Waals surface area contributed by atoms with Gasteiger partial charge in [-0.3, -0.25) is 4.90 Å². The van der Waals surface area contributed by atoms with Crippen molar-refractivity contribution in [3.8, 4) is 5.75 Å². The van der Waals surface area contributed by atoms with Crippen LogP contribution in [-0.2, 0) is 0 Å². The Morgan fingerprint density at radius 3 is 2.00 bits per heavy atom. The molecule has 0 saturated heterocycles. The smallest absolute Gasteiger partial charge is 0.145 e. The lowest BCUT2D eigenvalue weighted by molar-refractivity contribution is 0.175. The highest BCUT2D eigenvalue weighted by Crippen LogP contribution is 2.42. The molecule has 2 atom stereocenters. The SMILES string of the molecule is CN(C)c1ccc(C2Oc3ccccc3N=C(N(c3ccccc3)c3ccccc3)C2CNc2cccc(Cl)c2)cc1. The third-order valence-electron chi connectivity index (χ3n) is 7.40. The summed E-state index contributed by atoms with van der Waals surface area (Å²) >= 11 is 6.36. The average molecular weight is 573 g/mol. The van der Waals surface area contributed by atoms with Crippen molar-refractivity contribution in [3.63, 3.8) is 0 Å². The molecular formula is C36H33ClN4O. The molecule has 2 unspecified atom stereocenters. The number of ether oxygens (including phenoxy) is 1. The lowest BCUT2D eigenvalue weighted by Crippen LogP contribution is -2.40. The number of aliphatic imine (C=N–C) groups is 1. The molecule has 0 fully saturated rings. The number of nitrogens with zero attached hydrogens (tertiary/aromatic N) is 3. The molecule has 210 valence electrons. The number of benzene rings is 5. The first kappa shape index (κ1) is 27.4. The third-order valence-corrected chi connectivity index (χ3v) is 7.63. The van der Waals surface area contributed by atoms with Gasteiger partial charge in [0.15, 0.2) is 0 Å². The van der Waals surface area contributed by atoms with Crippen LogP contribution in [0.1, 0.15) is 11.7 Å². The van der Waals surface area contributed by atoms with E-state index in [0.29, 0.717) is 11.6 Å². The Kier molecular flexibility index (Phi) is 8.11. The third kappa shape index (κ3) is 5.97. The first-order valence-corrected chi connectivity index (χ1v) is 14.5. The Labute approximate surface area is 252 Å². The summed E-state index contributed by atoms with van der Waals surface area (Å²) in [6, 6.07) is 45.2. The molecule has 0 amide bonds. The predicted octanol–water partition coefficient (Wildman–Crippen LogP) is 9.14. The number of para-hydroxylation sites is 4. The number of fused-ring (bicyclic) bond motifs is 1. The van der Waals surface area contributed by atoms with Crippen LogP contribution in [0.25, 0.3) is 0 Å². The second-order valence-electron chi connectivity index (χ2n) is 10.5. The van der Waals surface area contributed by atoms with E-state index in [9.17, 15) is 0 Å². The van der Waals surface area contributed by atoms with E-state index in [1.54, 1.807) is 0 Å². The first-order valence-electron chi connectivity index (χ1n) is 14.1. The number of hydrogen-bond donors (Lipinski definition) is 1.